The van der Waals surface area contributed by atoms with Crippen molar-refractivity contribution < 1.29 is 9.18 Å². The summed E-state index contributed by atoms with van der Waals surface area (Å²) in [6.07, 6.45) is 3.71. The molecule has 0 bridgehead atoms. The normalized spacial score (nSPS) is 16.4. The Labute approximate surface area is 148 Å². The molecule has 25 heavy (non-hydrogen) atoms. The van der Waals surface area contributed by atoms with Crippen LogP contribution in [-0.2, 0) is 4.79 Å². The Morgan fingerprint density at radius 1 is 1.08 bits per heavy atom. The summed E-state index contributed by atoms with van der Waals surface area (Å²) in [5, 5.41) is 6.44. The van der Waals surface area contributed by atoms with Crippen molar-refractivity contribution in [3.8, 4) is 0 Å². The molecule has 0 spiro atoms. The van der Waals surface area contributed by atoms with Crippen molar-refractivity contribution in [1.29, 1.82) is 0 Å². The third-order valence-electron chi connectivity index (χ3n) is 4.86. The molecule has 2 aromatic rings. The van der Waals surface area contributed by atoms with Gasteiger partial charge in [0, 0.05) is 6.42 Å². The van der Waals surface area contributed by atoms with Gasteiger partial charge in [-0.3, -0.25) is 4.79 Å². The number of piperidine rings is 1. The predicted octanol–water partition coefficient (Wildman–Crippen LogP) is 3.81. The zero-order valence-electron chi connectivity index (χ0n) is 14.4. The third kappa shape index (κ3) is 5.13. The lowest BCUT2D eigenvalue weighted by molar-refractivity contribution is -0.121. The summed E-state index contributed by atoms with van der Waals surface area (Å²) < 4.78 is 13.7. The van der Waals surface area contributed by atoms with E-state index in [2.05, 4.69) is 10.6 Å². The van der Waals surface area contributed by atoms with Crippen LogP contribution in [0.2, 0.25) is 0 Å². The molecule has 1 heterocycles. The topological polar surface area (TPSA) is 41.1 Å². The van der Waals surface area contributed by atoms with E-state index >= 15 is 0 Å². The summed E-state index contributed by atoms with van der Waals surface area (Å²) in [6.45, 7) is 2.09. The van der Waals surface area contributed by atoms with Crippen molar-refractivity contribution in [3.05, 3.63) is 71.5 Å². The molecule has 1 saturated heterocycles. The number of amides is 1. The van der Waals surface area contributed by atoms with Gasteiger partial charge in [-0.05, 0) is 61.5 Å². The zero-order valence-corrected chi connectivity index (χ0v) is 14.4. The van der Waals surface area contributed by atoms with Crippen LogP contribution >= 0.6 is 0 Å². The van der Waals surface area contributed by atoms with E-state index in [1.807, 2.05) is 36.4 Å². The quantitative estimate of drug-likeness (QED) is 0.839. The predicted molar refractivity (Wildman–Crippen MR) is 97.7 cm³/mol. The second-order valence-corrected chi connectivity index (χ2v) is 6.70. The maximum atomic E-state index is 13.7. The van der Waals surface area contributed by atoms with Crippen LogP contribution in [0.4, 0.5) is 4.39 Å². The molecule has 1 amide bonds. The summed E-state index contributed by atoms with van der Waals surface area (Å²) in [5.41, 5.74) is 1.73. The van der Waals surface area contributed by atoms with Crippen LogP contribution in [0.3, 0.4) is 0 Å². The van der Waals surface area contributed by atoms with Crippen LogP contribution in [0.25, 0.3) is 0 Å². The fraction of sp³-hybridized carbons (Fsp3) is 0.381. The Hall–Kier alpha value is -2.20. The fourth-order valence-electron chi connectivity index (χ4n) is 3.43. The third-order valence-corrected chi connectivity index (χ3v) is 4.86. The van der Waals surface area contributed by atoms with Crippen molar-refractivity contribution in [3.63, 3.8) is 0 Å². The van der Waals surface area contributed by atoms with E-state index in [1.165, 1.54) is 12.1 Å². The minimum atomic E-state index is -0.322. The number of halogens is 1. The van der Waals surface area contributed by atoms with E-state index in [9.17, 15) is 9.18 Å². The molecule has 1 fully saturated rings. The van der Waals surface area contributed by atoms with Crippen molar-refractivity contribution >= 4 is 5.91 Å². The molecule has 0 saturated carbocycles. The molecule has 3 nitrogen and oxygen atoms in total. The number of rotatable bonds is 6. The Kier molecular flexibility index (Phi) is 6.18. The van der Waals surface area contributed by atoms with Gasteiger partial charge in [0.15, 0.2) is 0 Å². The molecule has 4 heteroatoms. The van der Waals surface area contributed by atoms with Crippen LogP contribution < -0.4 is 10.6 Å². The van der Waals surface area contributed by atoms with Crippen LogP contribution in [-0.4, -0.2) is 19.0 Å². The molecular weight excluding hydrogens is 315 g/mol. The highest BCUT2D eigenvalue weighted by Crippen LogP contribution is 2.24. The van der Waals surface area contributed by atoms with Gasteiger partial charge in [-0.15, -0.1) is 0 Å². The van der Waals surface area contributed by atoms with Crippen molar-refractivity contribution in [2.45, 2.75) is 31.7 Å². The average molecular weight is 340 g/mol. The summed E-state index contributed by atoms with van der Waals surface area (Å²) in [5.74, 6) is 0.357. The minimum Gasteiger partial charge on any atom is -0.345 e. The lowest BCUT2D eigenvalue weighted by atomic mass is 9.92. The SMILES string of the molecule is O=C(CCC1CCNCC1)NC(c1ccccc1)c1cccc(F)c1. The number of hydrogen-bond donors (Lipinski definition) is 2. The first kappa shape index (κ1) is 17.6. The number of hydrogen-bond acceptors (Lipinski definition) is 2. The van der Waals surface area contributed by atoms with Gasteiger partial charge in [-0.25, -0.2) is 4.39 Å². The van der Waals surface area contributed by atoms with Crippen molar-refractivity contribution in [1.82, 2.24) is 10.6 Å². The molecule has 1 aliphatic rings. The Balaban J connectivity index is 1.68. The number of benzene rings is 2. The standard InChI is InChI=1S/C21H25FN2O/c22-19-8-4-7-18(15-19)21(17-5-2-1-3-6-17)24-20(25)10-9-16-11-13-23-14-12-16/h1-8,15-16,21,23H,9-14H2,(H,24,25). The lowest BCUT2D eigenvalue weighted by Gasteiger charge is -2.23. The van der Waals surface area contributed by atoms with E-state index in [4.69, 9.17) is 0 Å². The maximum Gasteiger partial charge on any atom is 0.220 e. The van der Waals surface area contributed by atoms with Gasteiger partial charge in [-0.1, -0.05) is 42.5 Å². The first-order valence-electron chi connectivity index (χ1n) is 9.03. The van der Waals surface area contributed by atoms with E-state index < -0.39 is 0 Å². The van der Waals surface area contributed by atoms with E-state index in [1.54, 1.807) is 6.07 Å². The Bertz CT molecular complexity index is 683. The highest BCUT2D eigenvalue weighted by Gasteiger charge is 2.19. The largest absolute Gasteiger partial charge is 0.345 e. The molecule has 132 valence electrons. The minimum absolute atomic E-state index is 0.0247. The first-order valence-corrected chi connectivity index (χ1v) is 9.03. The van der Waals surface area contributed by atoms with Gasteiger partial charge < -0.3 is 10.6 Å². The second-order valence-electron chi connectivity index (χ2n) is 6.70. The maximum absolute atomic E-state index is 13.7. The molecule has 2 aromatic carbocycles. The van der Waals surface area contributed by atoms with Gasteiger partial charge in [-0.2, -0.15) is 0 Å². The van der Waals surface area contributed by atoms with Crippen molar-refractivity contribution in [2.75, 3.05) is 13.1 Å². The lowest BCUT2D eigenvalue weighted by Crippen LogP contribution is -2.31. The van der Waals surface area contributed by atoms with Crippen LogP contribution in [0.5, 0.6) is 0 Å². The van der Waals surface area contributed by atoms with Gasteiger partial charge in [0.05, 0.1) is 6.04 Å². The fourth-order valence-corrected chi connectivity index (χ4v) is 3.43. The average Bonchev–Trinajstić information content (AvgIpc) is 2.66. The monoisotopic (exact) mass is 340 g/mol. The van der Waals surface area contributed by atoms with E-state index in [0.29, 0.717) is 12.3 Å². The first-order chi connectivity index (χ1) is 12.2. The summed E-state index contributed by atoms with van der Waals surface area (Å²) in [7, 11) is 0. The van der Waals surface area contributed by atoms with Gasteiger partial charge in [0.2, 0.25) is 5.91 Å². The summed E-state index contributed by atoms with van der Waals surface area (Å²) >= 11 is 0. The molecule has 1 unspecified atom stereocenters. The number of carbonyl (C=O) groups is 1. The van der Waals surface area contributed by atoms with Crippen molar-refractivity contribution in [2.24, 2.45) is 5.92 Å². The molecule has 3 rings (SSSR count). The molecule has 0 aliphatic carbocycles. The second kappa shape index (κ2) is 8.77. The zero-order chi connectivity index (χ0) is 17.5. The van der Waals surface area contributed by atoms with Crippen LogP contribution in [0, 0.1) is 11.7 Å². The van der Waals surface area contributed by atoms with Crippen LogP contribution in [0.15, 0.2) is 54.6 Å². The summed E-state index contributed by atoms with van der Waals surface area (Å²) in [6, 6.07) is 15.9. The number of nitrogens with one attached hydrogen (secondary N) is 2. The molecule has 0 aromatic heterocycles. The smallest absolute Gasteiger partial charge is 0.220 e. The molecule has 1 aliphatic heterocycles. The van der Waals surface area contributed by atoms with E-state index in [0.717, 1.165) is 43.5 Å². The molecule has 0 radical (unpaired) electrons. The van der Waals surface area contributed by atoms with Gasteiger partial charge in [0.1, 0.15) is 5.82 Å². The highest BCUT2D eigenvalue weighted by molar-refractivity contribution is 5.77. The summed E-state index contributed by atoms with van der Waals surface area (Å²) in [4.78, 5) is 12.5. The van der Waals surface area contributed by atoms with Gasteiger partial charge in [0.25, 0.3) is 0 Å². The molecule has 1 atom stereocenters. The van der Waals surface area contributed by atoms with Gasteiger partial charge >= 0.3 is 0 Å². The molecular formula is C21H25FN2O. The highest BCUT2D eigenvalue weighted by atomic mass is 19.1. The Morgan fingerprint density at radius 3 is 2.52 bits per heavy atom. The molecule has 2 N–H and O–H groups in total. The Morgan fingerprint density at radius 2 is 1.80 bits per heavy atom. The van der Waals surface area contributed by atoms with E-state index in [-0.39, 0.29) is 17.8 Å². The van der Waals surface area contributed by atoms with Crippen LogP contribution in [0.1, 0.15) is 42.9 Å². The number of carbonyl (C=O) groups excluding carboxylic acids is 1.